The van der Waals surface area contributed by atoms with Gasteiger partial charge in [0.1, 0.15) is 0 Å². The van der Waals surface area contributed by atoms with Gasteiger partial charge in [0.05, 0.1) is 66.2 Å². The van der Waals surface area contributed by atoms with Crippen molar-refractivity contribution < 1.29 is 0 Å². The Hall–Kier alpha value is -11.2. The predicted octanol–water partition coefficient (Wildman–Crippen LogP) is 23.1. The van der Waals surface area contributed by atoms with E-state index < -0.39 is 5.66 Å². The lowest BCUT2D eigenvalue weighted by atomic mass is 9.94. The molecular weight excluding hydrogens is 1260 g/mol. The van der Waals surface area contributed by atoms with Gasteiger partial charge in [0, 0.05) is 107 Å². The minimum atomic E-state index is -1.08. The van der Waals surface area contributed by atoms with E-state index in [1.54, 1.807) is 0 Å². The molecule has 0 amide bonds. The Balaban J connectivity index is 0.941. The molecule has 21 rings (SSSR count). The van der Waals surface area contributed by atoms with E-state index in [0.717, 1.165) is 75.3 Å². The third-order valence-corrected chi connectivity index (χ3v) is 21.5. The molecule has 93 heavy (non-hydrogen) atoms. The molecule has 6 nitrogen and oxygen atoms in total. The van der Waals surface area contributed by atoms with E-state index in [4.69, 9.17) is 0 Å². The smallest absolute Gasteiger partial charge is 0.176 e. The summed E-state index contributed by atoms with van der Waals surface area (Å²) >= 11 is 8.29. The molecule has 6 heterocycles. The van der Waals surface area contributed by atoms with Gasteiger partial charge in [-0.05, 0) is 157 Å². The van der Waals surface area contributed by atoms with Crippen molar-refractivity contribution in [2.45, 2.75) is 5.66 Å². The van der Waals surface area contributed by atoms with Gasteiger partial charge < -0.3 is 27.4 Å². The van der Waals surface area contributed by atoms with E-state index in [2.05, 4.69) is 363 Å². The van der Waals surface area contributed by atoms with E-state index in [0.29, 0.717) is 0 Å². The molecule has 8 heteroatoms. The quantitative estimate of drug-likeness (QED) is 0.159. The van der Waals surface area contributed by atoms with Crippen molar-refractivity contribution in [3.05, 3.63) is 323 Å². The maximum Gasteiger partial charge on any atom is 0.176 e. The van der Waals surface area contributed by atoms with Crippen LogP contribution in [0.15, 0.2) is 312 Å². The van der Waals surface area contributed by atoms with Gasteiger partial charge in [0.2, 0.25) is 0 Å². The second-order valence-corrected chi connectivity index (χ2v) is 26.8. The van der Waals surface area contributed by atoms with E-state index in [-0.39, 0.29) is 0 Å². The van der Waals surface area contributed by atoms with Gasteiger partial charge >= 0.3 is 0 Å². The first-order valence-electron chi connectivity index (χ1n) is 31.7. The summed E-state index contributed by atoms with van der Waals surface area (Å²) in [5, 5.41) is 14.4. The van der Waals surface area contributed by atoms with Crippen LogP contribution in [0.4, 0.5) is 0 Å². The number of aromatic nitrogens is 6. The normalized spacial score (nSPS) is 13.1. The lowest BCUT2D eigenvalue weighted by Gasteiger charge is -2.39. The molecule has 434 valence electrons. The minimum absolute atomic E-state index is 1.00. The summed E-state index contributed by atoms with van der Waals surface area (Å²) in [6.07, 6.45) is 0. The van der Waals surface area contributed by atoms with Crippen molar-refractivity contribution in [1.29, 1.82) is 0 Å². The van der Waals surface area contributed by atoms with Crippen molar-refractivity contribution in [3.63, 3.8) is 0 Å². The van der Waals surface area contributed by atoms with Crippen LogP contribution in [-0.2, 0) is 5.66 Å². The van der Waals surface area contributed by atoms with Crippen LogP contribution >= 0.6 is 31.9 Å². The second kappa shape index (κ2) is 19.0. The zero-order valence-electron chi connectivity index (χ0n) is 49.8. The molecule has 14 aromatic carbocycles. The number of hydrogen-bond acceptors (Lipinski definition) is 0. The molecule has 6 aromatic heterocycles. The Bertz CT molecular complexity index is 5720. The number of benzene rings is 14. The van der Waals surface area contributed by atoms with Gasteiger partial charge in [-0.3, -0.25) is 0 Å². The van der Waals surface area contributed by atoms with E-state index in [1.165, 1.54) is 109 Å². The molecular formula is C85H50Br2N6. The maximum absolute atomic E-state index is 4.15. The monoisotopic (exact) mass is 1310 g/mol. The summed E-state index contributed by atoms with van der Waals surface area (Å²) in [4.78, 5) is 0. The largest absolute Gasteiger partial charge is 0.309 e. The fourth-order valence-electron chi connectivity index (χ4n) is 16.9. The van der Waals surface area contributed by atoms with Crippen molar-refractivity contribution in [2.24, 2.45) is 0 Å². The molecule has 0 saturated carbocycles. The Morgan fingerprint density at radius 1 is 0.194 bits per heavy atom. The zero-order valence-corrected chi connectivity index (χ0v) is 53.0. The van der Waals surface area contributed by atoms with Crippen LogP contribution in [0.2, 0.25) is 0 Å². The van der Waals surface area contributed by atoms with Crippen molar-refractivity contribution in [1.82, 2.24) is 27.4 Å². The summed E-state index contributed by atoms with van der Waals surface area (Å²) in [5.41, 5.74) is 21.8. The van der Waals surface area contributed by atoms with Crippen LogP contribution in [0.3, 0.4) is 0 Å². The van der Waals surface area contributed by atoms with Gasteiger partial charge in [0.25, 0.3) is 0 Å². The highest BCUT2D eigenvalue weighted by Crippen LogP contribution is 2.58. The first-order chi connectivity index (χ1) is 46.0. The number of para-hydroxylation sites is 8. The van der Waals surface area contributed by atoms with Crippen molar-refractivity contribution in [3.8, 4) is 33.9 Å². The number of nitrogens with zero attached hydrogens (tertiary/aromatic N) is 6. The van der Waals surface area contributed by atoms with Crippen LogP contribution in [0.5, 0.6) is 0 Å². The maximum atomic E-state index is 4.15. The van der Waals surface area contributed by atoms with Crippen LogP contribution in [0.25, 0.3) is 165 Å². The van der Waals surface area contributed by atoms with Crippen LogP contribution in [-0.4, -0.2) is 27.4 Å². The van der Waals surface area contributed by atoms with E-state index in [9.17, 15) is 0 Å². The topological polar surface area (TPSA) is 29.6 Å². The number of halogens is 2. The van der Waals surface area contributed by atoms with Crippen molar-refractivity contribution in [2.75, 3.05) is 0 Å². The summed E-state index contributed by atoms with van der Waals surface area (Å²) in [5.74, 6) is 0. The first kappa shape index (κ1) is 51.6. The first-order valence-corrected chi connectivity index (χ1v) is 33.3. The van der Waals surface area contributed by atoms with E-state index in [1.807, 2.05) is 0 Å². The summed E-state index contributed by atoms with van der Waals surface area (Å²) in [7, 11) is 0. The Morgan fingerprint density at radius 3 is 0.634 bits per heavy atom. The molecule has 0 radical (unpaired) electrons. The van der Waals surface area contributed by atoms with Crippen LogP contribution < -0.4 is 0 Å². The molecule has 0 fully saturated rings. The average Bonchev–Trinajstić information content (AvgIpc) is 1.50. The Labute approximate surface area is 549 Å². The highest BCUT2D eigenvalue weighted by molar-refractivity contribution is 9.10. The second-order valence-electron chi connectivity index (χ2n) is 25.0. The highest BCUT2D eigenvalue weighted by atomic mass is 79.9. The molecule has 1 aliphatic rings. The number of fused-ring (bicyclic) bond motifs is 21. The molecule has 0 unspecified atom stereocenters. The van der Waals surface area contributed by atoms with Gasteiger partial charge in [-0.1, -0.05) is 190 Å². The molecule has 20 aromatic rings. The number of hydrogen-bond donors (Lipinski definition) is 0. The third kappa shape index (κ3) is 6.85. The summed E-state index contributed by atoms with van der Waals surface area (Å²) in [6, 6.07) is 114. The Morgan fingerprint density at radius 2 is 0.409 bits per heavy atom. The minimum Gasteiger partial charge on any atom is -0.309 e. The van der Waals surface area contributed by atoms with Crippen molar-refractivity contribution >= 4 is 163 Å². The molecule has 1 aliphatic carbocycles. The fraction of sp³-hybridized carbons (Fsp3) is 0.0118. The molecule has 0 saturated heterocycles. The highest BCUT2D eigenvalue weighted by Gasteiger charge is 2.50. The molecule has 0 atom stereocenters. The Kier molecular flexibility index (Phi) is 10.5. The van der Waals surface area contributed by atoms with Crippen LogP contribution in [0.1, 0.15) is 11.1 Å². The van der Waals surface area contributed by atoms with Crippen LogP contribution in [0, 0.1) is 0 Å². The third-order valence-electron chi connectivity index (χ3n) is 20.5. The molecule has 0 spiro atoms. The zero-order chi connectivity index (χ0) is 60.9. The summed E-state index contributed by atoms with van der Waals surface area (Å²) in [6.45, 7) is 0. The summed E-state index contributed by atoms with van der Waals surface area (Å²) < 4.78 is 17.3. The molecule has 0 bridgehead atoms. The number of rotatable bonds is 6. The lowest BCUT2D eigenvalue weighted by Crippen LogP contribution is -2.41. The standard InChI is InChI=1S/C85H50Br2N6/c86-51-33-39-57-58-40-34-52(87)46-72(58)85(71(57)45-51,92-81-41-35-53(88-73-25-9-1-17-59(73)60-18-2-10-26-74(60)88)47-67(81)68-48-54(36-42-82(68)92)89-75-27-11-3-19-61(75)62-20-4-12-28-76(62)89)93-83-43-37-55(90-77-29-13-5-21-63(77)64-22-6-14-30-78(64)90)49-69(83)70-50-56(38-44-84(70)93)91-79-31-15-7-23-65(79)66-24-8-16-32-80(66)91/h1-50H. The van der Waals surface area contributed by atoms with Gasteiger partial charge in [-0.2, -0.15) is 0 Å². The lowest BCUT2D eigenvalue weighted by molar-refractivity contribution is 0.415. The fourth-order valence-corrected chi connectivity index (χ4v) is 17.6. The predicted molar refractivity (Wildman–Crippen MR) is 395 cm³/mol. The average molecular weight is 1320 g/mol. The van der Waals surface area contributed by atoms with E-state index >= 15 is 0 Å². The van der Waals surface area contributed by atoms with Gasteiger partial charge in [-0.15, -0.1) is 0 Å². The van der Waals surface area contributed by atoms with Gasteiger partial charge in [-0.25, -0.2) is 0 Å². The SMILES string of the molecule is Brc1ccc2c(c1)C(n1c3ccc(-n4c5ccccc5c5ccccc54)cc3c3cc(-n4c5ccccc5c5ccccc54)ccc31)(n1c3ccc(-n4c5ccccc5c5ccccc54)cc3c3cc(-n4c5ccccc5c5ccccc54)ccc31)c1cc(Br)ccc1-2. The molecule has 0 aliphatic heterocycles. The molecule has 0 N–H and O–H groups in total. The van der Waals surface area contributed by atoms with Gasteiger partial charge in [0.15, 0.2) is 5.66 Å².